The van der Waals surface area contributed by atoms with Crippen molar-refractivity contribution in [2.75, 3.05) is 6.54 Å². The van der Waals surface area contributed by atoms with E-state index in [1.165, 1.54) is 0 Å². The SMILES string of the molecule is CCCN1C(=O)NC(=O)C(C)(N2C(=O)c3c(F)c(F)c(F)c(F)c3C2=O)C1=O. The minimum atomic E-state index is -2.71. The molecule has 0 aliphatic carbocycles. The van der Waals surface area contributed by atoms with E-state index in [0.717, 1.165) is 6.92 Å². The highest BCUT2D eigenvalue weighted by atomic mass is 19.2. The van der Waals surface area contributed by atoms with Crippen LogP contribution in [0.5, 0.6) is 0 Å². The average Bonchev–Trinajstić information content (AvgIpc) is 2.91. The molecule has 28 heavy (non-hydrogen) atoms. The number of carbonyl (C=O) groups excluding carboxylic acids is 5. The number of urea groups is 1. The van der Waals surface area contributed by atoms with Gasteiger partial charge in [0.05, 0.1) is 11.1 Å². The highest BCUT2D eigenvalue weighted by Crippen LogP contribution is 2.37. The van der Waals surface area contributed by atoms with Crippen molar-refractivity contribution in [3.05, 3.63) is 34.4 Å². The normalized spacial score (nSPS) is 22.1. The van der Waals surface area contributed by atoms with E-state index < -0.39 is 69.6 Å². The second-order valence-electron chi connectivity index (χ2n) is 6.24. The number of hydrogen-bond donors (Lipinski definition) is 1. The summed E-state index contributed by atoms with van der Waals surface area (Å²) in [7, 11) is 0. The molecule has 1 fully saturated rings. The van der Waals surface area contributed by atoms with Gasteiger partial charge in [0.2, 0.25) is 5.54 Å². The van der Waals surface area contributed by atoms with Crippen molar-refractivity contribution >= 4 is 29.7 Å². The molecule has 12 heteroatoms. The van der Waals surface area contributed by atoms with Crippen LogP contribution >= 0.6 is 0 Å². The quantitative estimate of drug-likeness (QED) is 0.269. The van der Waals surface area contributed by atoms with Crippen molar-refractivity contribution in [2.24, 2.45) is 0 Å². The zero-order valence-corrected chi connectivity index (χ0v) is 14.4. The number of amides is 6. The fraction of sp³-hybridized carbons (Fsp3) is 0.312. The maximum Gasteiger partial charge on any atom is 0.330 e. The standard InChI is InChI=1S/C16H11F4N3O5/c1-3-4-22-14(27)16(2,13(26)21-15(22)28)23-11(24)5-6(12(23)25)8(18)10(20)9(19)7(5)17/h3-4H2,1-2H3,(H,21,26,28). The summed E-state index contributed by atoms with van der Waals surface area (Å²) in [6, 6.07) is -1.11. The van der Waals surface area contributed by atoms with E-state index in [0.29, 0.717) is 4.90 Å². The van der Waals surface area contributed by atoms with Gasteiger partial charge in [-0.2, -0.15) is 0 Å². The number of benzene rings is 1. The van der Waals surface area contributed by atoms with E-state index in [2.05, 4.69) is 0 Å². The lowest BCUT2D eigenvalue weighted by molar-refractivity contribution is -0.149. The third kappa shape index (κ3) is 2.20. The Morgan fingerprint density at radius 3 is 1.75 bits per heavy atom. The molecule has 2 heterocycles. The second-order valence-corrected chi connectivity index (χ2v) is 6.24. The number of nitrogens with zero attached hydrogens (tertiary/aromatic N) is 2. The number of hydrogen-bond acceptors (Lipinski definition) is 5. The lowest BCUT2D eigenvalue weighted by Gasteiger charge is -2.40. The van der Waals surface area contributed by atoms with Gasteiger partial charge >= 0.3 is 6.03 Å². The summed E-state index contributed by atoms with van der Waals surface area (Å²) in [5.41, 5.74) is -5.59. The molecule has 1 aromatic rings. The fourth-order valence-electron chi connectivity index (χ4n) is 3.12. The van der Waals surface area contributed by atoms with Gasteiger partial charge in [0.25, 0.3) is 23.6 Å². The molecule has 1 saturated heterocycles. The number of fused-ring (bicyclic) bond motifs is 1. The Morgan fingerprint density at radius 2 is 1.32 bits per heavy atom. The van der Waals surface area contributed by atoms with Gasteiger partial charge in [-0.3, -0.25) is 29.4 Å². The lowest BCUT2D eigenvalue weighted by atomic mass is 9.94. The molecular weight excluding hydrogens is 390 g/mol. The summed E-state index contributed by atoms with van der Waals surface area (Å²) in [4.78, 5) is 62.5. The van der Waals surface area contributed by atoms with Crippen LogP contribution in [0.25, 0.3) is 0 Å². The molecule has 0 saturated carbocycles. The van der Waals surface area contributed by atoms with Crippen molar-refractivity contribution in [1.82, 2.24) is 15.1 Å². The Balaban J connectivity index is 2.20. The molecule has 1 atom stereocenters. The summed E-state index contributed by atoms with van der Waals surface area (Å²) < 4.78 is 55.1. The number of imide groups is 3. The maximum absolute atomic E-state index is 14.1. The maximum atomic E-state index is 14.1. The molecule has 2 aliphatic heterocycles. The zero-order chi connectivity index (χ0) is 21.1. The minimum absolute atomic E-state index is 0.102. The Morgan fingerprint density at radius 1 is 0.857 bits per heavy atom. The summed E-state index contributed by atoms with van der Waals surface area (Å²) in [5.74, 6) is -15.1. The Bertz CT molecular complexity index is 948. The number of carbonyl (C=O) groups is 5. The molecule has 0 radical (unpaired) electrons. The van der Waals surface area contributed by atoms with Gasteiger partial charge in [0.1, 0.15) is 0 Å². The van der Waals surface area contributed by atoms with E-state index in [1.807, 2.05) is 0 Å². The van der Waals surface area contributed by atoms with Gasteiger partial charge < -0.3 is 0 Å². The molecule has 2 aliphatic rings. The van der Waals surface area contributed by atoms with Gasteiger partial charge in [-0.1, -0.05) is 6.92 Å². The third-order valence-corrected chi connectivity index (χ3v) is 4.56. The van der Waals surface area contributed by atoms with Crippen molar-refractivity contribution in [1.29, 1.82) is 0 Å². The lowest BCUT2D eigenvalue weighted by Crippen LogP contribution is -2.73. The summed E-state index contributed by atoms with van der Waals surface area (Å²) in [5, 5.41) is 1.78. The Hall–Kier alpha value is -3.31. The molecule has 1 aromatic carbocycles. The third-order valence-electron chi connectivity index (χ3n) is 4.56. The summed E-state index contributed by atoms with van der Waals surface area (Å²) in [6.45, 7) is 2.18. The van der Waals surface area contributed by atoms with E-state index in [4.69, 9.17) is 0 Å². The molecule has 1 N–H and O–H groups in total. The smallest absolute Gasteiger partial charge is 0.275 e. The minimum Gasteiger partial charge on any atom is -0.275 e. The second kappa shape index (κ2) is 6.11. The Labute approximate surface area is 154 Å². The Kier molecular flexibility index (Phi) is 4.24. The van der Waals surface area contributed by atoms with Crippen LogP contribution in [0.3, 0.4) is 0 Å². The van der Waals surface area contributed by atoms with Gasteiger partial charge in [-0.15, -0.1) is 0 Å². The average molecular weight is 401 g/mol. The van der Waals surface area contributed by atoms with Crippen LogP contribution in [0.4, 0.5) is 22.4 Å². The van der Waals surface area contributed by atoms with Crippen LogP contribution in [0, 0.1) is 23.3 Å². The van der Waals surface area contributed by atoms with Gasteiger partial charge in [0, 0.05) is 6.54 Å². The van der Waals surface area contributed by atoms with Crippen molar-refractivity contribution < 1.29 is 41.5 Å². The van der Waals surface area contributed by atoms with Gasteiger partial charge in [0.15, 0.2) is 23.3 Å². The van der Waals surface area contributed by atoms with Crippen LogP contribution < -0.4 is 5.32 Å². The monoisotopic (exact) mass is 401 g/mol. The highest BCUT2D eigenvalue weighted by molar-refractivity contribution is 6.31. The molecule has 148 valence electrons. The largest absolute Gasteiger partial charge is 0.330 e. The van der Waals surface area contributed by atoms with Gasteiger partial charge in [-0.05, 0) is 13.3 Å². The molecule has 0 bridgehead atoms. The number of halogens is 4. The van der Waals surface area contributed by atoms with Crippen LogP contribution in [-0.2, 0) is 9.59 Å². The first-order valence-corrected chi connectivity index (χ1v) is 7.92. The molecule has 8 nitrogen and oxygen atoms in total. The molecule has 1 unspecified atom stereocenters. The first kappa shape index (κ1) is 19.5. The fourth-order valence-corrected chi connectivity index (χ4v) is 3.12. The van der Waals surface area contributed by atoms with E-state index in [-0.39, 0.29) is 17.9 Å². The first-order chi connectivity index (χ1) is 13.0. The van der Waals surface area contributed by atoms with Crippen molar-refractivity contribution in [2.45, 2.75) is 25.8 Å². The summed E-state index contributed by atoms with van der Waals surface area (Å²) >= 11 is 0. The molecular formula is C16H11F4N3O5. The predicted octanol–water partition coefficient (Wildman–Crippen LogP) is 1.09. The van der Waals surface area contributed by atoms with E-state index in [1.54, 1.807) is 12.2 Å². The van der Waals surface area contributed by atoms with Crippen LogP contribution in [-0.4, -0.2) is 51.5 Å². The number of barbiturate groups is 1. The van der Waals surface area contributed by atoms with E-state index >= 15 is 0 Å². The van der Waals surface area contributed by atoms with E-state index in [9.17, 15) is 41.5 Å². The number of nitrogens with one attached hydrogen (secondary N) is 1. The highest BCUT2D eigenvalue weighted by Gasteiger charge is 2.61. The topological polar surface area (TPSA) is 104 Å². The zero-order valence-electron chi connectivity index (χ0n) is 14.4. The molecule has 0 spiro atoms. The van der Waals surface area contributed by atoms with Gasteiger partial charge in [-0.25, -0.2) is 27.3 Å². The predicted molar refractivity (Wildman–Crippen MR) is 80.7 cm³/mol. The molecule has 6 amide bonds. The van der Waals surface area contributed by atoms with Crippen LogP contribution in [0.1, 0.15) is 41.0 Å². The molecule has 3 rings (SSSR count). The van der Waals surface area contributed by atoms with Crippen molar-refractivity contribution in [3.8, 4) is 0 Å². The molecule has 0 aromatic heterocycles. The first-order valence-electron chi connectivity index (χ1n) is 7.92. The van der Waals surface area contributed by atoms with Crippen LogP contribution in [0.15, 0.2) is 0 Å². The van der Waals surface area contributed by atoms with Crippen LogP contribution in [0.2, 0.25) is 0 Å². The number of rotatable bonds is 3. The summed E-state index contributed by atoms with van der Waals surface area (Å²) in [6.07, 6.45) is 0.255. The van der Waals surface area contributed by atoms with Crippen molar-refractivity contribution in [3.63, 3.8) is 0 Å².